The van der Waals surface area contributed by atoms with E-state index in [0.29, 0.717) is 28.0 Å². The Kier molecular flexibility index (Phi) is 4.86. The number of thiol groups is 1. The van der Waals surface area contributed by atoms with Gasteiger partial charge in [0.1, 0.15) is 11.5 Å². The fraction of sp³-hybridized carbons (Fsp3) is 0.182. The minimum atomic E-state index is -2.75. The first-order chi connectivity index (χ1) is 13.8. The van der Waals surface area contributed by atoms with Crippen LogP contribution >= 0.6 is 12.6 Å². The van der Waals surface area contributed by atoms with Crippen LogP contribution in [-0.2, 0) is 4.75 Å². The van der Waals surface area contributed by atoms with E-state index in [0.717, 1.165) is 5.39 Å². The second-order valence-electron chi connectivity index (χ2n) is 7.27. The summed E-state index contributed by atoms with van der Waals surface area (Å²) < 4.78 is 42.4. The van der Waals surface area contributed by atoms with Crippen molar-refractivity contribution >= 4 is 23.5 Å². The number of fused-ring (bicyclic) bond motifs is 1. The van der Waals surface area contributed by atoms with Gasteiger partial charge < -0.3 is 0 Å². The molecule has 0 atom stereocenters. The molecule has 2 heterocycles. The zero-order chi connectivity index (χ0) is 20.8. The number of hydrogen-bond acceptors (Lipinski definition) is 3. The molecule has 0 spiro atoms. The van der Waals surface area contributed by atoms with Crippen LogP contribution in [0, 0.1) is 5.82 Å². The SMILES string of the molecule is CC(C)(S)c1ccc(-c2cc(C(F)F)nn2-c2cccc3ncccc23)cc1F. The highest BCUT2D eigenvalue weighted by atomic mass is 32.1. The molecule has 0 aliphatic carbocycles. The first kappa shape index (κ1) is 19.5. The summed E-state index contributed by atoms with van der Waals surface area (Å²) in [5.74, 6) is -0.451. The molecular weight excluding hydrogens is 395 g/mol. The van der Waals surface area contributed by atoms with Crippen molar-refractivity contribution < 1.29 is 13.2 Å². The van der Waals surface area contributed by atoms with Gasteiger partial charge in [-0.2, -0.15) is 17.7 Å². The predicted octanol–water partition coefficient (Wildman–Crippen LogP) is 6.33. The van der Waals surface area contributed by atoms with E-state index < -0.39 is 17.0 Å². The summed E-state index contributed by atoms with van der Waals surface area (Å²) in [4.78, 5) is 4.31. The van der Waals surface area contributed by atoms with Crippen LogP contribution in [0.1, 0.15) is 31.5 Å². The van der Waals surface area contributed by atoms with Crippen molar-refractivity contribution in [3.8, 4) is 16.9 Å². The highest BCUT2D eigenvalue weighted by Gasteiger charge is 2.23. The Labute approximate surface area is 171 Å². The van der Waals surface area contributed by atoms with Crippen molar-refractivity contribution in [2.75, 3.05) is 0 Å². The Morgan fingerprint density at radius 3 is 2.52 bits per heavy atom. The van der Waals surface area contributed by atoms with E-state index in [1.54, 1.807) is 50.4 Å². The standard InChI is InChI=1S/C22H18F3N3S/c1-22(2,29)15-9-8-13(11-16(15)23)20-12-18(21(24)25)27-28(20)19-7-3-6-17-14(19)5-4-10-26-17/h3-12,21,29H,1-2H3. The van der Waals surface area contributed by atoms with Crippen LogP contribution in [0.2, 0.25) is 0 Å². The Balaban J connectivity index is 1.94. The van der Waals surface area contributed by atoms with Gasteiger partial charge in [0.05, 0.1) is 16.9 Å². The van der Waals surface area contributed by atoms with Gasteiger partial charge in [0.25, 0.3) is 6.43 Å². The molecule has 4 aromatic rings. The lowest BCUT2D eigenvalue weighted by Crippen LogP contribution is -2.10. The largest absolute Gasteiger partial charge is 0.282 e. The predicted molar refractivity (Wildman–Crippen MR) is 111 cm³/mol. The summed E-state index contributed by atoms with van der Waals surface area (Å²) in [5, 5.41) is 4.87. The van der Waals surface area contributed by atoms with Crippen LogP contribution in [-0.4, -0.2) is 14.8 Å². The van der Waals surface area contributed by atoms with E-state index in [-0.39, 0.29) is 5.69 Å². The summed E-state index contributed by atoms with van der Waals surface area (Å²) >= 11 is 4.42. The van der Waals surface area contributed by atoms with Crippen LogP contribution in [0.5, 0.6) is 0 Å². The third kappa shape index (κ3) is 3.62. The number of halogens is 3. The third-order valence-electron chi connectivity index (χ3n) is 4.73. The van der Waals surface area contributed by atoms with Crippen molar-refractivity contribution in [3.05, 3.63) is 77.9 Å². The van der Waals surface area contributed by atoms with Crippen molar-refractivity contribution in [1.82, 2.24) is 14.8 Å². The van der Waals surface area contributed by atoms with Crippen molar-refractivity contribution in [2.24, 2.45) is 0 Å². The summed E-state index contributed by atoms with van der Waals surface area (Å²) in [6, 6.07) is 15.0. The lowest BCUT2D eigenvalue weighted by molar-refractivity contribution is 0.145. The van der Waals surface area contributed by atoms with Crippen LogP contribution in [0.15, 0.2) is 60.8 Å². The van der Waals surface area contributed by atoms with E-state index in [2.05, 4.69) is 22.7 Å². The Morgan fingerprint density at radius 2 is 1.83 bits per heavy atom. The Morgan fingerprint density at radius 1 is 1.03 bits per heavy atom. The molecule has 0 unspecified atom stereocenters. The van der Waals surface area contributed by atoms with E-state index in [4.69, 9.17) is 0 Å². The molecule has 2 aromatic carbocycles. The molecule has 4 rings (SSSR count). The quantitative estimate of drug-likeness (QED) is 0.396. The van der Waals surface area contributed by atoms with Gasteiger partial charge in [-0.1, -0.05) is 18.2 Å². The fourth-order valence-electron chi connectivity index (χ4n) is 3.34. The number of rotatable bonds is 4. The minimum Gasteiger partial charge on any atom is -0.256 e. The zero-order valence-corrected chi connectivity index (χ0v) is 16.7. The van der Waals surface area contributed by atoms with Gasteiger partial charge in [0.2, 0.25) is 0 Å². The number of benzene rings is 2. The molecule has 0 aliphatic rings. The maximum atomic E-state index is 14.7. The molecule has 0 aliphatic heterocycles. The maximum absolute atomic E-state index is 14.7. The molecule has 29 heavy (non-hydrogen) atoms. The molecule has 0 bridgehead atoms. The Bertz CT molecular complexity index is 1190. The normalized spacial score (nSPS) is 12.1. The van der Waals surface area contributed by atoms with Crippen LogP contribution < -0.4 is 0 Å². The van der Waals surface area contributed by atoms with Crippen LogP contribution in [0.25, 0.3) is 27.8 Å². The molecular formula is C22H18F3N3S. The summed E-state index contributed by atoms with van der Waals surface area (Å²) in [6.07, 6.45) is -1.09. The molecule has 0 amide bonds. The Hall–Kier alpha value is -2.80. The number of hydrogen-bond donors (Lipinski definition) is 1. The maximum Gasteiger partial charge on any atom is 0.282 e. The number of alkyl halides is 2. The first-order valence-corrected chi connectivity index (χ1v) is 9.45. The highest BCUT2D eigenvalue weighted by molar-refractivity contribution is 7.81. The van der Waals surface area contributed by atoms with E-state index in [9.17, 15) is 13.2 Å². The second-order valence-corrected chi connectivity index (χ2v) is 8.39. The van der Waals surface area contributed by atoms with Crippen LogP contribution in [0.3, 0.4) is 0 Å². The highest BCUT2D eigenvalue weighted by Crippen LogP contribution is 2.34. The van der Waals surface area contributed by atoms with Gasteiger partial charge in [-0.15, -0.1) is 0 Å². The van der Waals surface area contributed by atoms with Gasteiger partial charge in [0, 0.05) is 27.5 Å². The topological polar surface area (TPSA) is 30.7 Å². The van der Waals surface area contributed by atoms with Gasteiger partial charge in [-0.05, 0) is 50.2 Å². The summed E-state index contributed by atoms with van der Waals surface area (Å²) in [7, 11) is 0. The molecule has 7 heteroatoms. The average Bonchev–Trinajstić information content (AvgIpc) is 3.12. The molecule has 0 N–H and O–H groups in total. The van der Waals surface area contributed by atoms with Crippen molar-refractivity contribution in [3.63, 3.8) is 0 Å². The monoisotopic (exact) mass is 413 g/mol. The minimum absolute atomic E-state index is 0.374. The second kappa shape index (κ2) is 7.22. The number of pyridine rings is 1. The number of aromatic nitrogens is 3. The van der Waals surface area contributed by atoms with Gasteiger partial charge >= 0.3 is 0 Å². The number of nitrogens with zero attached hydrogens (tertiary/aromatic N) is 3. The van der Waals surface area contributed by atoms with Crippen LogP contribution in [0.4, 0.5) is 13.2 Å². The van der Waals surface area contributed by atoms with E-state index in [1.807, 2.05) is 12.1 Å². The van der Waals surface area contributed by atoms with Gasteiger partial charge in [0.15, 0.2) is 0 Å². The van der Waals surface area contributed by atoms with Gasteiger partial charge in [-0.25, -0.2) is 17.9 Å². The van der Waals surface area contributed by atoms with Crippen molar-refractivity contribution in [2.45, 2.75) is 25.0 Å². The lowest BCUT2D eigenvalue weighted by Gasteiger charge is -2.19. The van der Waals surface area contributed by atoms with Gasteiger partial charge in [-0.3, -0.25) is 4.98 Å². The van der Waals surface area contributed by atoms with E-state index in [1.165, 1.54) is 16.8 Å². The lowest BCUT2D eigenvalue weighted by atomic mass is 9.99. The van der Waals surface area contributed by atoms with Crippen molar-refractivity contribution in [1.29, 1.82) is 0 Å². The fourth-order valence-corrected chi connectivity index (χ4v) is 3.52. The molecule has 3 nitrogen and oxygen atoms in total. The molecule has 0 saturated carbocycles. The molecule has 0 saturated heterocycles. The zero-order valence-electron chi connectivity index (χ0n) is 15.8. The smallest absolute Gasteiger partial charge is 0.256 e. The molecule has 0 radical (unpaired) electrons. The third-order valence-corrected chi connectivity index (χ3v) is 4.97. The molecule has 2 aromatic heterocycles. The first-order valence-electron chi connectivity index (χ1n) is 9.01. The summed E-state index contributed by atoms with van der Waals surface area (Å²) in [6.45, 7) is 3.58. The molecule has 0 fully saturated rings. The van der Waals surface area contributed by atoms with E-state index >= 15 is 0 Å². The molecule has 148 valence electrons. The average molecular weight is 413 g/mol. The summed E-state index contributed by atoms with van der Waals surface area (Å²) in [5.41, 5.74) is 2.18.